The van der Waals surface area contributed by atoms with Crippen molar-refractivity contribution in [1.82, 2.24) is 9.78 Å². The summed E-state index contributed by atoms with van der Waals surface area (Å²) in [6.45, 7) is 5.67. The number of hydrogen-bond acceptors (Lipinski definition) is 3. The number of aromatic nitrogens is 2. The molecule has 19 heavy (non-hydrogen) atoms. The Kier molecular flexibility index (Phi) is 3.96. The van der Waals surface area contributed by atoms with Gasteiger partial charge >= 0.3 is 0 Å². The van der Waals surface area contributed by atoms with E-state index in [1.165, 1.54) is 0 Å². The number of halogens is 1. The van der Waals surface area contributed by atoms with Crippen molar-refractivity contribution in [3.05, 3.63) is 40.6 Å². The first-order valence-electron chi connectivity index (χ1n) is 6.02. The van der Waals surface area contributed by atoms with Crippen LogP contribution in [0.2, 0.25) is 0 Å². The predicted molar refractivity (Wildman–Crippen MR) is 77.8 cm³/mol. The molecule has 4 nitrogen and oxygen atoms in total. The minimum atomic E-state index is -0.865. The topological polar surface area (TPSA) is 47.3 Å². The van der Waals surface area contributed by atoms with Gasteiger partial charge in [0.2, 0.25) is 0 Å². The summed E-state index contributed by atoms with van der Waals surface area (Å²) < 4.78 is 8.31. The van der Waals surface area contributed by atoms with Crippen molar-refractivity contribution in [3.8, 4) is 11.4 Å². The molecule has 0 aliphatic carbocycles. The van der Waals surface area contributed by atoms with Crippen LogP contribution in [0.25, 0.3) is 5.69 Å². The highest BCUT2D eigenvalue weighted by Gasteiger charge is 2.15. The summed E-state index contributed by atoms with van der Waals surface area (Å²) in [5.41, 5.74) is 1.18. The fraction of sp³-hybridized carbons (Fsp3) is 0.357. The molecule has 5 heteroatoms. The number of rotatable bonds is 4. The molecule has 0 aliphatic heterocycles. The second-order valence-electron chi connectivity index (χ2n) is 5.12. The molecule has 0 fully saturated rings. The predicted octanol–water partition coefficient (Wildman–Crippen LogP) is 3.09. The Balaban J connectivity index is 2.32. The van der Waals surface area contributed by atoms with Gasteiger partial charge in [-0.25, -0.2) is 4.68 Å². The fourth-order valence-corrected chi connectivity index (χ4v) is 2.24. The summed E-state index contributed by atoms with van der Waals surface area (Å²) >= 11 is 3.48. The highest BCUT2D eigenvalue weighted by Crippen LogP contribution is 2.30. The van der Waals surface area contributed by atoms with Gasteiger partial charge in [0.15, 0.2) is 0 Å². The summed E-state index contributed by atoms with van der Waals surface area (Å²) in [4.78, 5) is 0. The van der Waals surface area contributed by atoms with E-state index in [1.807, 2.05) is 31.3 Å². The standard InChI is InChI=1S/C14H17BrN2O2/c1-10-7-11(15)13(19-9-14(2,3)18)8-12(10)17-6-4-5-16-17/h4-8,18H,9H2,1-3H3. The lowest BCUT2D eigenvalue weighted by Crippen LogP contribution is -2.28. The largest absolute Gasteiger partial charge is 0.489 e. The van der Waals surface area contributed by atoms with Gasteiger partial charge in [-0.3, -0.25) is 0 Å². The third-order valence-electron chi connectivity index (χ3n) is 2.58. The van der Waals surface area contributed by atoms with Crippen LogP contribution in [0.15, 0.2) is 35.1 Å². The second kappa shape index (κ2) is 5.35. The molecule has 1 heterocycles. The monoisotopic (exact) mass is 324 g/mol. The van der Waals surface area contributed by atoms with Gasteiger partial charge in [-0.05, 0) is 54.4 Å². The van der Waals surface area contributed by atoms with Gasteiger partial charge in [0, 0.05) is 18.5 Å². The lowest BCUT2D eigenvalue weighted by atomic mass is 10.1. The Morgan fingerprint density at radius 1 is 1.42 bits per heavy atom. The molecule has 2 rings (SSSR count). The van der Waals surface area contributed by atoms with E-state index in [4.69, 9.17) is 4.74 Å². The highest BCUT2D eigenvalue weighted by molar-refractivity contribution is 9.10. The van der Waals surface area contributed by atoms with Gasteiger partial charge in [0.1, 0.15) is 12.4 Å². The molecule has 2 aromatic rings. The molecule has 1 aromatic heterocycles. The molecule has 0 saturated carbocycles. The molecular weight excluding hydrogens is 308 g/mol. The molecule has 0 unspecified atom stereocenters. The van der Waals surface area contributed by atoms with E-state index in [0.29, 0.717) is 5.75 Å². The summed E-state index contributed by atoms with van der Waals surface area (Å²) in [5, 5.41) is 13.9. The van der Waals surface area contributed by atoms with Gasteiger partial charge < -0.3 is 9.84 Å². The first-order valence-corrected chi connectivity index (χ1v) is 6.81. The maximum Gasteiger partial charge on any atom is 0.135 e. The van der Waals surface area contributed by atoms with Gasteiger partial charge in [0.05, 0.1) is 15.8 Å². The van der Waals surface area contributed by atoms with Crippen molar-refractivity contribution >= 4 is 15.9 Å². The average molecular weight is 325 g/mol. The van der Waals surface area contributed by atoms with Crippen molar-refractivity contribution in [2.75, 3.05) is 6.61 Å². The molecule has 102 valence electrons. The van der Waals surface area contributed by atoms with Crippen molar-refractivity contribution < 1.29 is 9.84 Å². The van der Waals surface area contributed by atoms with Crippen molar-refractivity contribution in [1.29, 1.82) is 0 Å². The van der Waals surface area contributed by atoms with E-state index >= 15 is 0 Å². The molecular formula is C14H17BrN2O2. The summed E-state index contributed by atoms with van der Waals surface area (Å²) in [5.74, 6) is 0.693. The summed E-state index contributed by atoms with van der Waals surface area (Å²) in [6, 6.07) is 5.77. The Hall–Kier alpha value is -1.33. The van der Waals surface area contributed by atoms with Gasteiger partial charge in [0.25, 0.3) is 0 Å². The lowest BCUT2D eigenvalue weighted by molar-refractivity contribution is 0.0282. The molecule has 0 atom stereocenters. The average Bonchev–Trinajstić information content (AvgIpc) is 2.80. The minimum absolute atomic E-state index is 0.229. The van der Waals surface area contributed by atoms with Gasteiger partial charge in [-0.1, -0.05) is 0 Å². The molecule has 0 radical (unpaired) electrons. The first kappa shape index (κ1) is 14.1. The van der Waals surface area contributed by atoms with Crippen LogP contribution in [0.3, 0.4) is 0 Å². The zero-order chi connectivity index (χ0) is 14.0. The van der Waals surface area contributed by atoms with Crippen LogP contribution in [0.4, 0.5) is 0 Å². The lowest BCUT2D eigenvalue weighted by Gasteiger charge is -2.19. The van der Waals surface area contributed by atoms with E-state index in [-0.39, 0.29) is 6.61 Å². The van der Waals surface area contributed by atoms with E-state index in [9.17, 15) is 5.11 Å². The molecule has 0 aliphatic rings. The zero-order valence-electron chi connectivity index (χ0n) is 11.2. The SMILES string of the molecule is Cc1cc(Br)c(OCC(C)(C)O)cc1-n1cccn1. The fourth-order valence-electron chi connectivity index (χ4n) is 1.67. The van der Waals surface area contributed by atoms with E-state index in [1.54, 1.807) is 24.7 Å². The molecule has 0 bridgehead atoms. The summed E-state index contributed by atoms with van der Waals surface area (Å²) in [6.07, 6.45) is 3.62. The third kappa shape index (κ3) is 3.58. The van der Waals surface area contributed by atoms with E-state index in [0.717, 1.165) is 15.7 Å². The van der Waals surface area contributed by atoms with Crippen LogP contribution in [0.5, 0.6) is 5.75 Å². The smallest absolute Gasteiger partial charge is 0.135 e. The van der Waals surface area contributed by atoms with E-state index in [2.05, 4.69) is 21.0 Å². The van der Waals surface area contributed by atoms with Crippen LogP contribution in [-0.2, 0) is 0 Å². The maximum absolute atomic E-state index is 9.72. The zero-order valence-corrected chi connectivity index (χ0v) is 12.8. The minimum Gasteiger partial charge on any atom is -0.489 e. The number of aliphatic hydroxyl groups is 1. The number of ether oxygens (including phenoxy) is 1. The highest BCUT2D eigenvalue weighted by atomic mass is 79.9. The van der Waals surface area contributed by atoms with Gasteiger partial charge in [-0.2, -0.15) is 5.10 Å². The van der Waals surface area contributed by atoms with Crippen LogP contribution in [0, 0.1) is 6.92 Å². The number of hydrogen-bond donors (Lipinski definition) is 1. The quantitative estimate of drug-likeness (QED) is 0.940. The van der Waals surface area contributed by atoms with Crippen molar-refractivity contribution in [3.63, 3.8) is 0 Å². The Morgan fingerprint density at radius 2 is 2.16 bits per heavy atom. The van der Waals surface area contributed by atoms with Crippen molar-refractivity contribution in [2.24, 2.45) is 0 Å². The Bertz CT molecular complexity index is 560. The molecule has 0 saturated heterocycles. The molecule has 1 aromatic carbocycles. The Labute approximate surface area is 121 Å². The van der Waals surface area contributed by atoms with Crippen LogP contribution < -0.4 is 4.74 Å². The van der Waals surface area contributed by atoms with Crippen molar-refractivity contribution in [2.45, 2.75) is 26.4 Å². The third-order valence-corrected chi connectivity index (χ3v) is 3.20. The van der Waals surface area contributed by atoms with Gasteiger partial charge in [-0.15, -0.1) is 0 Å². The number of aryl methyl sites for hydroxylation is 1. The number of benzene rings is 1. The normalized spacial score (nSPS) is 11.6. The first-order chi connectivity index (χ1) is 8.87. The Morgan fingerprint density at radius 3 is 2.74 bits per heavy atom. The molecule has 0 spiro atoms. The van der Waals surface area contributed by atoms with Crippen LogP contribution in [0.1, 0.15) is 19.4 Å². The molecule has 1 N–H and O–H groups in total. The second-order valence-corrected chi connectivity index (χ2v) is 5.98. The van der Waals surface area contributed by atoms with Crippen LogP contribution >= 0.6 is 15.9 Å². The van der Waals surface area contributed by atoms with Crippen LogP contribution in [-0.4, -0.2) is 27.1 Å². The maximum atomic E-state index is 9.72. The van der Waals surface area contributed by atoms with E-state index < -0.39 is 5.60 Å². The number of nitrogens with zero attached hydrogens (tertiary/aromatic N) is 2. The summed E-state index contributed by atoms with van der Waals surface area (Å²) in [7, 11) is 0. The molecule has 0 amide bonds.